The van der Waals surface area contributed by atoms with E-state index in [1.165, 1.54) is 31.2 Å². The van der Waals surface area contributed by atoms with E-state index in [1.54, 1.807) is 0 Å². The molecule has 1 N–H and O–H groups in total. The number of hydrogen-bond donors (Lipinski definition) is 1. The molecule has 34 heavy (non-hydrogen) atoms. The number of hydrogen-bond acceptors (Lipinski definition) is 2. The second-order valence-electron chi connectivity index (χ2n) is 9.54. The first-order valence-electron chi connectivity index (χ1n) is 12.5. The molecule has 0 aromatic heterocycles. The van der Waals surface area contributed by atoms with Crippen molar-refractivity contribution in [3.05, 3.63) is 89.0 Å². The van der Waals surface area contributed by atoms with Crippen LogP contribution in [-0.4, -0.2) is 17.0 Å². The summed E-state index contributed by atoms with van der Waals surface area (Å²) >= 11 is 0. The van der Waals surface area contributed by atoms with Crippen molar-refractivity contribution in [1.82, 2.24) is 4.90 Å². The molecule has 0 atom stereocenters. The van der Waals surface area contributed by atoms with Crippen molar-refractivity contribution in [1.29, 1.82) is 0 Å². The smallest absolute Gasteiger partial charge is 0.322 e. The van der Waals surface area contributed by atoms with Crippen LogP contribution in [-0.2, 0) is 6.54 Å². The van der Waals surface area contributed by atoms with Crippen LogP contribution in [0.5, 0.6) is 11.5 Å². The Balaban J connectivity index is 1.57. The molecule has 4 heteroatoms. The van der Waals surface area contributed by atoms with Gasteiger partial charge in [-0.3, -0.25) is 0 Å². The molecule has 0 heterocycles. The topological polar surface area (TPSA) is 41.6 Å². The van der Waals surface area contributed by atoms with E-state index in [1.807, 2.05) is 53.4 Å². The Labute approximate surface area is 204 Å². The van der Waals surface area contributed by atoms with Crippen molar-refractivity contribution < 1.29 is 9.53 Å². The number of aryl methyl sites for hydroxylation is 3. The normalized spacial score (nSPS) is 14.3. The summed E-state index contributed by atoms with van der Waals surface area (Å²) < 4.78 is 6.05. The number of ether oxygens (including phenoxy) is 1. The minimum absolute atomic E-state index is 0.0173. The van der Waals surface area contributed by atoms with Crippen LogP contribution in [0.1, 0.15) is 60.8 Å². The number of nitrogens with zero attached hydrogens (tertiary/aromatic N) is 1. The van der Waals surface area contributed by atoms with Gasteiger partial charge in [-0.05, 0) is 74.6 Å². The number of amides is 2. The van der Waals surface area contributed by atoms with E-state index >= 15 is 0 Å². The third-order valence-corrected chi connectivity index (χ3v) is 6.67. The minimum atomic E-state index is -0.0173. The monoisotopic (exact) mass is 456 g/mol. The maximum Gasteiger partial charge on any atom is 0.322 e. The number of nitrogens with one attached hydrogen (secondary N) is 1. The Kier molecular flexibility index (Phi) is 7.89. The van der Waals surface area contributed by atoms with Gasteiger partial charge < -0.3 is 15.0 Å². The van der Waals surface area contributed by atoms with Crippen LogP contribution < -0.4 is 10.1 Å². The Bertz CT molecular complexity index is 1080. The van der Waals surface area contributed by atoms with E-state index < -0.39 is 0 Å². The second kappa shape index (κ2) is 11.2. The highest BCUT2D eigenvalue weighted by Gasteiger charge is 2.26. The van der Waals surface area contributed by atoms with Crippen LogP contribution in [0, 0.1) is 20.8 Å². The van der Waals surface area contributed by atoms with E-state index in [-0.39, 0.29) is 12.1 Å². The summed E-state index contributed by atoms with van der Waals surface area (Å²) in [5.74, 6) is 1.60. The van der Waals surface area contributed by atoms with Gasteiger partial charge in [0.25, 0.3) is 0 Å². The average molecular weight is 457 g/mol. The molecule has 0 spiro atoms. The zero-order chi connectivity index (χ0) is 23.9. The summed E-state index contributed by atoms with van der Waals surface area (Å²) in [5.41, 5.74) is 5.42. The molecule has 1 aliphatic rings. The molecular weight excluding hydrogens is 420 g/mol. The third kappa shape index (κ3) is 6.19. The average Bonchev–Trinajstić information content (AvgIpc) is 3.10. The largest absolute Gasteiger partial charge is 0.457 e. The maximum absolute atomic E-state index is 13.7. The van der Waals surface area contributed by atoms with Gasteiger partial charge in [0.05, 0.1) is 0 Å². The van der Waals surface area contributed by atoms with E-state index in [0.29, 0.717) is 6.54 Å². The van der Waals surface area contributed by atoms with E-state index in [9.17, 15) is 4.79 Å². The van der Waals surface area contributed by atoms with Gasteiger partial charge in [0, 0.05) is 18.3 Å². The summed E-state index contributed by atoms with van der Waals surface area (Å²) in [6.45, 7) is 6.78. The first-order valence-corrected chi connectivity index (χ1v) is 12.5. The number of urea groups is 1. The van der Waals surface area contributed by atoms with E-state index in [4.69, 9.17) is 4.74 Å². The lowest BCUT2D eigenvalue weighted by Crippen LogP contribution is -2.42. The van der Waals surface area contributed by atoms with Crippen LogP contribution in [0.3, 0.4) is 0 Å². The summed E-state index contributed by atoms with van der Waals surface area (Å²) in [6, 6.07) is 22.4. The molecule has 4 nitrogen and oxygen atoms in total. The predicted molar refractivity (Wildman–Crippen MR) is 140 cm³/mol. The highest BCUT2D eigenvalue weighted by molar-refractivity contribution is 5.91. The minimum Gasteiger partial charge on any atom is -0.457 e. The van der Waals surface area contributed by atoms with Crippen molar-refractivity contribution in [3.8, 4) is 11.5 Å². The Morgan fingerprint density at radius 2 is 1.50 bits per heavy atom. The van der Waals surface area contributed by atoms with Gasteiger partial charge in [0.2, 0.25) is 0 Å². The second-order valence-corrected chi connectivity index (χ2v) is 9.54. The Hall–Kier alpha value is -3.27. The number of carbonyl (C=O) groups is 1. The van der Waals surface area contributed by atoms with Crippen LogP contribution in [0.4, 0.5) is 10.5 Å². The molecule has 1 saturated carbocycles. The van der Waals surface area contributed by atoms with Gasteiger partial charge in [-0.25, -0.2) is 4.79 Å². The molecule has 0 bridgehead atoms. The fourth-order valence-corrected chi connectivity index (χ4v) is 5.02. The molecule has 0 radical (unpaired) electrons. The van der Waals surface area contributed by atoms with Crippen LogP contribution in [0.15, 0.2) is 66.7 Å². The molecule has 0 unspecified atom stereocenters. The summed E-state index contributed by atoms with van der Waals surface area (Å²) in [4.78, 5) is 15.7. The van der Waals surface area contributed by atoms with Gasteiger partial charge in [-0.2, -0.15) is 0 Å². The van der Waals surface area contributed by atoms with Gasteiger partial charge in [-0.1, -0.05) is 73.7 Å². The zero-order valence-corrected chi connectivity index (χ0v) is 20.6. The van der Waals surface area contributed by atoms with Crippen LogP contribution in [0.2, 0.25) is 0 Å². The Morgan fingerprint density at radius 1 is 0.853 bits per heavy atom. The summed E-state index contributed by atoms with van der Waals surface area (Å²) in [6.07, 6.45) is 6.96. The van der Waals surface area contributed by atoms with Gasteiger partial charge in [-0.15, -0.1) is 0 Å². The summed E-state index contributed by atoms with van der Waals surface area (Å²) in [5, 5.41) is 3.25. The number of para-hydroxylation sites is 1. The molecule has 4 rings (SSSR count). The van der Waals surface area contributed by atoms with Crippen molar-refractivity contribution >= 4 is 11.7 Å². The molecule has 1 aliphatic carbocycles. The fourth-order valence-electron chi connectivity index (χ4n) is 5.02. The molecule has 178 valence electrons. The molecule has 3 aromatic carbocycles. The van der Waals surface area contributed by atoms with E-state index in [0.717, 1.165) is 46.7 Å². The lowest BCUT2D eigenvalue weighted by molar-refractivity contribution is 0.175. The van der Waals surface area contributed by atoms with E-state index in [2.05, 4.69) is 44.3 Å². The van der Waals surface area contributed by atoms with Crippen molar-refractivity contribution in [2.45, 2.75) is 71.9 Å². The Morgan fingerprint density at radius 3 is 2.18 bits per heavy atom. The quantitative estimate of drug-likeness (QED) is 0.380. The number of rotatable bonds is 6. The number of carbonyl (C=O) groups excluding carboxylic acids is 1. The lowest BCUT2D eigenvalue weighted by atomic mass is 10.0. The maximum atomic E-state index is 13.7. The standard InChI is InChI=1S/C30H36N2O2/c1-22-18-23(2)29(24(3)19-22)31-30(33)32(26-13-7-4-5-8-14-26)21-25-12-11-17-28(20-25)34-27-15-9-6-10-16-27/h6,9-12,15-20,26H,4-5,7-8,13-14,21H2,1-3H3,(H,31,33). The summed E-state index contributed by atoms with van der Waals surface area (Å²) in [7, 11) is 0. The molecule has 1 fully saturated rings. The molecule has 2 amide bonds. The molecule has 0 aliphatic heterocycles. The lowest BCUT2D eigenvalue weighted by Gasteiger charge is -2.32. The van der Waals surface area contributed by atoms with Crippen LogP contribution in [0.25, 0.3) is 0 Å². The molecular formula is C30H36N2O2. The number of benzene rings is 3. The highest BCUT2D eigenvalue weighted by atomic mass is 16.5. The van der Waals surface area contributed by atoms with Gasteiger partial charge >= 0.3 is 6.03 Å². The van der Waals surface area contributed by atoms with Gasteiger partial charge in [0.1, 0.15) is 11.5 Å². The first-order chi connectivity index (χ1) is 16.5. The molecule has 3 aromatic rings. The SMILES string of the molecule is Cc1cc(C)c(NC(=O)N(Cc2cccc(Oc3ccccc3)c2)C2CCCCCC2)c(C)c1. The number of anilines is 1. The predicted octanol–water partition coefficient (Wildman–Crippen LogP) is 8.16. The van der Waals surface area contributed by atoms with Gasteiger partial charge in [0.15, 0.2) is 0 Å². The first kappa shape index (κ1) is 23.9. The van der Waals surface area contributed by atoms with Crippen LogP contribution >= 0.6 is 0 Å². The zero-order valence-electron chi connectivity index (χ0n) is 20.6. The third-order valence-electron chi connectivity index (χ3n) is 6.67. The highest BCUT2D eigenvalue weighted by Crippen LogP contribution is 2.28. The molecule has 0 saturated heterocycles. The van der Waals surface area contributed by atoms with Crippen molar-refractivity contribution in [2.75, 3.05) is 5.32 Å². The van der Waals surface area contributed by atoms with Crippen molar-refractivity contribution in [3.63, 3.8) is 0 Å². The fraction of sp³-hybridized carbons (Fsp3) is 0.367. The van der Waals surface area contributed by atoms with Crippen molar-refractivity contribution in [2.24, 2.45) is 0 Å².